The van der Waals surface area contributed by atoms with E-state index < -0.39 is 29.1 Å². The van der Waals surface area contributed by atoms with Gasteiger partial charge in [0.15, 0.2) is 0 Å². The second kappa shape index (κ2) is 12.0. The van der Waals surface area contributed by atoms with Gasteiger partial charge in [0.2, 0.25) is 0 Å². The predicted molar refractivity (Wildman–Crippen MR) is 156 cm³/mol. The van der Waals surface area contributed by atoms with E-state index in [0.29, 0.717) is 43.5 Å². The van der Waals surface area contributed by atoms with E-state index in [4.69, 9.17) is 16.6 Å². The van der Waals surface area contributed by atoms with Crippen LogP contribution in [-0.2, 0) is 17.4 Å². The van der Waals surface area contributed by atoms with E-state index in [0.717, 1.165) is 42.5 Å². The number of hydrazone groups is 1. The Balaban J connectivity index is 1.77. The Bertz CT molecular complexity index is 1340. The molecule has 1 heterocycles. The third-order valence-corrected chi connectivity index (χ3v) is 8.53. The summed E-state index contributed by atoms with van der Waals surface area (Å²) in [5, 5.41) is 3.78. The number of rotatable bonds is 8. The average molecular weight is 589 g/mol. The molecule has 11 heteroatoms. The fraction of sp³-hybridized carbons (Fsp3) is 0.516. The zero-order valence-electron chi connectivity index (χ0n) is 24.6. The fourth-order valence-corrected chi connectivity index (χ4v) is 6.33. The highest BCUT2D eigenvalue weighted by Crippen LogP contribution is 2.50. The molecule has 0 radical (unpaired) electrons. The van der Waals surface area contributed by atoms with E-state index in [9.17, 15) is 22.4 Å². The smallest absolute Gasteiger partial charge is 0.385 e. The minimum atomic E-state index is -4.76. The molecule has 228 valence electrons. The first-order valence-corrected chi connectivity index (χ1v) is 14.4. The summed E-state index contributed by atoms with van der Waals surface area (Å²) >= 11 is 0. The molecule has 0 saturated heterocycles. The quantitative estimate of drug-likeness (QED) is 0.112. The lowest BCUT2D eigenvalue weighted by Crippen LogP contribution is -2.51. The van der Waals surface area contributed by atoms with Gasteiger partial charge < -0.3 is 10.6 Å². The van der Waals surface area contributed by atoms with Crippen molar-refractivity contribution in [3.8, 4) is 0 Å². The van der Waals surface area contributed by atoms with Gasteiger partial charge in [0.05, 0.1) is 11.6 Å². The molecule has 7 nitrogen and oxygen atoms in total. The van der Waals surface area contributed by atoms with Gasteiger partial charge in [0, 0.05) is 12.0 Å². The minimum Gasteiger partial charge on any atom is -0.385 e. The summed E-state index contributed by atoms with van der Waals surface area (Å²) in [6.45, 7) is 8.59. The van der Waals surface area contributed by atoms with Crippen LogP contribution >= 0.6 is 0 Å². The molecule has 5 N–H and O–H groups in total. The number of nitrogens with zero attached hydrogens (tertiary/aromatic N) is 3. The largest absolute Gasteiger partial charge is 0.416 e. The molecule has 1 fully saturated rings. The van der Waals surface area contributed by atoms with Crippen LogP contribution in [0.1, 0.15) is 94.5 Å². The Kier molecular flexibility index (Phi) is 9.01. The van der Waals surface area contributed by atoms with Crippen molar-refractivity contribution in [3.05, 3.63) is 70.5 Å². The number of hydrogen-bond acceptors (Lipinski definition) is 5. The molecular weight excluding hydrogens is 548 g/mol. The lowest BCUT2D eigenvalue weighted by Gasteiger charge is -2.47. The third kappa shape index (κ3) is 6.61. The molecule has 1 unspecified atom stereocenters. The van der Waals surface area contributed by atoms with E-state index in [-0.39, 0.29) is 22.7 Å². The maximum absolute atomic E-state index is 14.5. The number of carbonyl (C=O) groups excluding carboxylic acids is 1. The number of amides is 1. The van der Waals surface area contributed by atoms with E-state index in [1.165, 1.54) is 0 Å². The number of nitrogens with one attached hydrogen (secondary N) is 1. The van der Waals surface area contributed by atoms with Gasteiger partial charge in [-0.15, -0.1) is 0 Å². The molecule has 42 heavy (non-hydrogen) atoms. The highest BCUT2D eigenvalue weighted by Gasteiger charge is 2.52. The van der Waals surface area contributed by atoms with Gasteiger partial charge in [0.1, 0.15) is 23.0 Å². The Morgan fingerprint density at radius 1 is 1.14 bits per heavy atom. The summed E-state index contributed by atoms with van der Waals surface area (Å²) in [6.07, 6.45) is -0.243. The Morgan fingerprint density at radius 2 is 1.79 bits per heavy atom. The Labute approximate surface area is 244 Å². The molecule has 1 saturated carbocycles. The zero-order chi connectivity index (χ0) is 30.9. The van der Waals surface area contributed by atoms with E-state index in [2.05, 4.69) is 31.4 Å². The standard InChI is InChI=1S/C31H40F4N6O/c1-5-6-25(20-9-7-19(8-10-20)15-26(36)39-40-37)41-28(42)27(21-16-23(31(33,34)35)18-24(32)17-21)38-30(41)13-11-22(12-14-30)29(2,3)4/h7-10,16-18,22,25,40H,5-6,11-15,37H2,1-4H3,(H2,36,39). The number of hydrogen-bond donors (Lipinski definition) is 3. The second-order valence-corrected chi connectivity index (χ2v) is 12.4. The van der Waals surface area contributed by atoms with Crippen LogP contribution in [0.15, 0.2) is 52.6 Å². The van der Waals surface area contributed by atoms with Crippen LogP contribution in [0, 0.1) is 17.2 Å². The summed E-state index contributed by atoms with van der Waals surface area (Å²) in [5.74, 6) is 4.39. The van der Waals surface area contributed by atoms with Crippen molar-refractivity contribution in [3.63, 3.8) is 0 Å². The molecule has 1 amide bonds. The van der Waals surface area contributed by atoms with Crippen LogP contribution in [-0.4, -0.2) is 28.0 Å². The molecule has 2 aliphatic rings. The lowest BCUT2D eigenvalue weighted by molar-refractivity contribution is -0.138. The molecule has 2 aromatic carbocycles. The number of nitrogens with two attached hydrogens (primary N) is 2. The molecule has 1 aliphatic heterocycles. The number of benzene rings is 2. The fourth-order valence-electron chi connectivity index (χ4n) is 6.33. The summed E-state index contributed by atoms with van der Waals surface area (Å²) in [6, 6.07) is 9.53. The molecule has 4 rings (SSSR count). The van der Waals surface area contributed by atoms with E-state index in [1.807, 2.05) is 31.2 Å². The van der Waals surface area contributed by atoms with Gasteiger partial charge in [-0.25, -0.2) is 15.8 Å². The topological polar surface area (TPSA) is 109 Å². The van der Waals surface area contributed by atoms with Gasteiger partial charge in [-0.2, -0.15) is 18.3 Å². The summed E-state index contributed by atoms with van der Waals surface area (Å²) in [5.41, 5.74) is 7.54. The number of alkyl halides is 3. The number of amidine groups is 1. The van der Waals surface area contributed by atoms with Gasteiger partial charge >= 0.3 is 6.18 Å². The lowest BCUT2D eigenvalue weighted by atomic mass is 9.69. The Morgan fingerprint density at radius 3 is 2.33 bits per heavy atom. The van der Waals surface area contributed by atoms with Gasteiger partial charge in [0.25, 0.3) is 5.91 Å². The number of aliphatic imine (C=N–C) groups is 1. The van der Waals surface area contributed by atoms with Gasteiger partial charge in [-0.1, -0.05) is 58.4 Å². The third-order valence-electron chi connectivity index (χ3n) is 8.53. The van der Waals surface area contributed by atoms with Crippen molar-refractivity contribution >= 4 is 17.5 Å². The first-order valence-electron chi connectivity index (χ1n) is 14.4. The zero-order valence-corrected chi connectivity index (χ0v) is 24.6. The molecule has 0 aromatic heterocycles. The molecule has 1 atom stereocenters. The molecular formula is C31H40F4N6O. The van der Waals surface area contributed by atoms with Crippen LogP contribution in [0.2, 0.25) is 0 Å². The van der Waals surface area contributed by atoms with Crippen LogP contribution in [0.3, 0.4) is 0 Å². The number of halogens is 4. The van der Waals surface area contributed by atoms with Gasteiger partial charge in [-0.05, 0) is 72.8 Å². The summed E-state index contributed by atoms with van der Waals surface area (Å²) in [4.78, 5) is 20.9. The molecule has 0 bridgehead atoms. The van der Waals surface area contributed by atoms with Crippen molar-refractivity contribution in [2.45, 2.75) is 90.5 Å². The van der Waals surface area contributed by atoms with Crippen molar-refractivity contribution in [2.24, 2.45) is 33.0 Å². The second-order valence-electron chi connectivity index (χ2n) is 12.4. The van der Waals surface area contributed by atoms with Crippen LogP contribution in [0.4, 0.5) is 17.6 Å². The number of carbonyl (C=O) groups is 1. The van der Waals surface area contributed by atoms with Crippen molar-refractivity contribution in [1.82, 2.24) is 10.4 Å². The monoisotopic (exact) mass is 588 g/mol. The SMILES string of the molecule is CCCC(c1ccc(C/C(N)=N/NN)cc1)N1C(=O)C(c2cc(F)cc(C(F)(F)F)c2)=NC12CCC(C(C)(C)C)CC2. The molecule has 1 spiro atoms. The van der Waals surface area contributed by atoms with E-state index in [1.54, 1.807) is 4.90 Å². The van der Waals surface area contributed by atoms with E-state index >= 15 is 0 Å². The maximum atomic E-state index is 14.5. The van der Waals surface area contributed by atoms with Crippen molar-refractivity contribution < 1.29 is 22.4 Å². The van der Waals surface area contributed by atoms with Gasteiger partial charge in [-0.3, -0.25) is 9.79 Å². The highest BCUT2D eigenvalue weighted by molar-refractivity contribution is 6.46. The van der Waals surface area contributed by atoms with Crippen molar-refractivity contribution in [1.29, 1.82) is 0 Å². The molecule has 2 aromatic rings. The van der Waals surface area contributed by atoms with Crippen LogP contribution in [0.25, 0.3) is 0 Å². The summed E-state index contributed by atoms with van der Waals surface area (Å²) in [7, 11) is 0. The number of hydrazine groups is 1. The first kappa shape index (κ1) is 31.5. The first-order chi connectivity index (χ1) is 19.7. The predicted octanol–water partition coefficient (Wildman–Crippen LogP) is 6.23. The normalized spacial score (nSPS) is 22.5. The maximum Gasteiger partial charge on any atom is 0.416 e. The van der Waals surface area contributed by atoms with Crippen molar-refractivity contribution in [2.75, 3.05) is 0 Å². The minimum absolute atomic E-state index is 0.0645. The Hall–Kier alpha value is -3.47. The van der Waals surface area contributed by atoms with Crippen LogP contribution in [0.5, 0.6) is 0 Å². The average Bonchev–Trinajstić information content (AvgIpc) is 3.18. The molecule has 1 aliphatic carbocycles. The summed E-state index contributed by atoms with van der Waals surface area (Å²) < 4.78 is 55.2. The van der Waals surface area contributed by atoms with Crippen LogP contribution < -0.4 is 17.1 Å². The highest BCUT2D eigenvalue weighted by atomic mass is 19.4.